The third-order valence-electron chi connectivity index (χ3n) is 4.32. The molecule has 2 N–H and O–H groups in total. The predicted octanol–water partition coefficient (Wildman–Crippen LogP) is 5.90. The third kappa shape index (κ3) is 6.55. The molecule has 0 unspecified atom stereocenters. The van der Waals surface area contributed by atoms with E-state index in [0.29, 0.717) is 19.7 Å². The maximum atomic E-state index is 10.7. The first-order valence-electron chi connectivity index (χ1n) is 9.36. The van der Waals surface area contributed by atoms with Gasteiger partial charge in [-0.1, -0.05) is 30.3 Å². The van der Waals surface area contributed by atoms with Crippen molar-refractivity contribution in [3.8, 4) is 5.75 Å². The SMILES string of the molecule is O=[N+]([O-])c1ccc(NCCNCc2cc(Br)c(OCc3ccccc3)c(Br)c2)cc1. The molecule has 0 fully saturated rings. The highest BCUT2D eigenvalue weighted by atomic mass is 79.9. The van der Waals surface area contributed by atoms with Crippen molar-refractivity contribution in [3.05, 3.63) is 96.9 Å². The van der Waals surface area contributed by atoms with Crippen LogP contribution in [0.3, 0.4) is 0 Å². The average molecular weight is 535 g/mol. The molecular weight excluding hydrogens is 514 g/mol. The molecule has 156 valence electrons. The van der Waals surface area contributed by atoms with E-state index >= 15 is 0 Å². The van der Waals surface area contributed by atoms with Crippen LogP contribution in [-0.4, -0.2) is 18.0 Å². The first-order chi connectivity index (χ1) is 14.5. The fourth-order valence-electron chi connectivity index (χ4n) is 2.81. The number of nitrogens with zero attached hydrogens (tertiary/aromatic N) is 1. The van der Waals surface area contributed by atoms with Gasteiger partial charge in [0.1, 0.15) is 12.4 Å². The summed E-state index contributed by atoms with van der Waals surface area (Å²) in [6.45, 7) is 2.67. The monoisotopic (exact) mass is 533 g/mol. The van der Waals surface area contributed by atoms with Gasteiger partial charge in [-0.2, -0.15) is 0 Å². The van der Waals surface area contributed by atoms with Gasteiger partial charge >= 0.3 is 0 Å². The second-order valence-corrected chi connectivity index (χ2v) is 8.28. The Hall–Kier alpha value is -2.42. The summed E-state index contributed by atoms with van der Waals surface area (Å²) < 4.78 is 7.75. The molecule has 0 aliphatic heterocycles. The highest BCUT2D eigenvalue weighted by molar-refractivity contribution is 9.11. The van der Waals surface area contributed by atoms with E-state index in [4.69, 9.17) is 4.74 Å². The van der Waals surface area contributed by atoms with Gasteiger partial charge in [-0.25, -0.2) is 0 Å². The van der Waals surface area contributed by atoms with Crippen LogP contribution in [-0.2, 0) is 13.2 Å². The minimum atomic E-state index is -0.403. The lowest BCUT2D eigenvalue weighted by molar-refractivity contribution is -0.384. The van der Waals surface area contributed by atoms with Crippen molar-refractivity contribution < 1.29 is 9.66 Å². The van der Waals surface area contributed by atoms with Crippen LogP contribution in [0.25, 0.3) is 0 Å². The number of nitro benzene ring substituents is 1. The van der Waals surface area contributed by atoms with E-state index in [1.54, 1.807) is 12.1 Å². The Morgan fingerprint density at radius 1 is 0.900 bits per heavy atom. The summed E-state index contributed by atoms with van der Waals surface area (Å²) >= 11 is 7.20. The Balaban J connectivity index is 1.44. The van der Waals surface area contributed by atoms with Crippen molar-refractivity contribution in [1.29, 1.82) is 0 Å². The zero-order valence-electron chi connectivity index (χ0n) is 16.1. The molecule has 0 saturated heterocycles. The first kappa shape index (κ1) is 22.3. The summed E-state index contributed by atoms with van der Waals surface area (Å²) in [5, 5.41) is 17.3. The molecule has 0 amide bonds. The van der Waals surface area contributed by atoms with Crippen molar-refractivity contribution in [1.82, 2.24) is 5.32 Å². The standard InChI is InChI=1S/C22H21Br2N3O3/c23-20-12-17(13-21(24)22(20)30-15-16-4-2-1-3-5-16)14-25-10-11-26-18-6-8-19(9-7-18)27(28)29/h1-9,12-13,25-26H,10-11,14-15H2. The second kappa shape index (κ2) is 11.1. The fourth-order valence-corrected chi connectivity index (χ4v) is 4.32. The number of benzene rings is 3. The topological polar surface area (TPSA) is 76.4 Å². The van der Waals surface area contributed by atoms with E-state index in [1.807, 2.05) is 42.5 Å². The number of hydrogen-bond acceptors (Lipinski definition) is 5. The minimum absolute atomic E-state index is 0.0889. The smallest absolute Gasteiger partial charge is 0.269 e. The van der Waals surface area contributed by atoms with Gasteiger partial charge in [0.05, 0.1) is 13.9 Å². The van der Waals surface area contributed by atoms with Crippen molar-refractivity contribution in [3.63, 3.8) is 0 Å². The van der Waals surface area contributed by atoms with E-state index in [-0.39, 0.29) is 5.69 Å². The van der Waals surface area contributed by atoms with Gasteiger partial charge in [-0.3, -0.25) is 10.1 Å². The second-order valence-electron chi connectivity index (χ2n) is 6.57. The molecule has 0 bridgehead atoms. The lowest BCUT2D eigenvalue weighted by Gasteiger charge is -2.13. The van der Waals surface area contributed by atoms with E-state index in [0.717, 1.165) is 38.1 Å². The molecule has 3 aromatic carbocycles. The molecule has 6 nitrogen and oxygen atoms in total. The maximum absolute atomic E-state index is 10.7. The molecular formula is C22H21Br2N3O3. The predicted molar refractivity (Wildman–Crippen MR) is 126 cm³/mol. The molecule has 0 radical (unpaired) electrons. The van der Waals surface area contributed by atoms with E-state index in [2.05, 4.69) is 42.5 Å². The van der Waals surface area contributed by atoms with E-state index < -0.39 is 4.92 Å². The minimum Gasteiger partial charge on any atom is -0.487 e. The van der Waals surface area contributed by atoms with E-state index in [9.17, 15) is 10.1 Å². The lowest BCUT2D eigenvalue weighted by Crippen LogP contribution is -2.21. The van der Waals surface area contributed by atoms with Crippen LogP contribution in [0.5, 0.6) is 5.75 Å². The highest BCUT2D eigenvalue weighted by Gasteiger charge is 2.09. The number of nitrogens with one attached hydrogen (secondary N) is 2. The number of non-ortho nitro benzene ring substituents is 1. The molecule has 0 atom stereocenters. The van der Waals surface area contributed by atoms with Crippen molar-refractivity contribution in [2.75, 3.05) is 18.4 Å². The van der Waals surface area contributed by atoms with Crippen LogP contribution in [0, 0.1) is 10.1 Å². The Labute approximate surface area is 192 Å². The van der Waals surface area contributed by atoms with Crippen LogP contribution in [0.4, 0.5) is 11.4 Å². The average Bonchev–Trinajstić information content (AvgIpc) is 2.74. The van der Waals surface area contributed by atoms with Gasteiger partial charge in [-0.05, 0) is 67.3 Å². The Morgan fingerprint density at radius 2 is 1.57 bits per heavy atom. The Kier molecular flexibility index (Phi) is 8.24. The largest absolute Gasteiger partial charge is 0.487 e. The van der Waals surface area contributed by atoms with Gasteiger partial charge in [0.2, 0.25) is 0 Å². The highest BCUT2D eigenvalue weighted by Crippen LogP contribution is 2.35. The first-order valence-corrected chi connectivity index (χ1v) is 11.0. The molecule has 0 heterocycles. The fraction of sp³-hybridized carbons (Fsp3) is 0.182. The van der Waals surface area contributed by atoms with Crippen LogP contribution >= 0.6 is 31.9 Å². The Bertz CT molecular complexity index is 960. The van der Waals surface area contributed by atoms with E-state index in [1.165, 1.54) is 12.1 Å². The van der Waals surface area contributed by atoms with Crippen molar-refractivity contribution >= 4 is 43.2 Å². The number of anilines is 1. The molecule has 0 spiro atoms. The summed E-state index contributed by atoms with van der Waals surface area (Å²) in [7, 11) is 0. The zero-order valence-corrected chi connectivity index (χ0v) is 19.3. The van der Waals surface area contributed by atoms with Crippen molar-refractivity contribution in [2.24, 2.45) is 0 Å². The molecule has 0 aliphatic rings. The molecule has 30 heavy (non-hydrogen) atoms. The van der Waals surface area contributed by atoms with Gasteiger partial charge in [0.25, 0.3) is 5.69 Å². The van der Waals surface area contributed by atoms with Gasteiger partial charge in [0.15, 0.2) is 0 Å². The number of hydrogen-bond donors (Lipinski definition) is 2. The van der Waals surface area contributed by atoms with Crippen LogP contribution in [0.1, 0.15) is 11.1 Å². The quantitative estimate of drug-likeness (QED) is 0.192. The summed E-state index contributed by atoms with van der Waals surface area (Å²) in [5.41, 5.74) is 3.18. The van der Waals surface area contributed by atoms with Gasteiger partial charge < -0.3 is 15.4 Å². The van der Waals surface area contributed by atoms with Crippen LogP contribution in [0.2, 0.25) is 0 Å². The van der Waals surface area contributed by atoms with Gasteiger partial charge in [0, 0.05) is 37.5 Å². The third-order valence-corrected chi connectivity index (χ3v) is 5.50. The van der Waals surface area contributed by atoms with Crippen LogP contribution in [0.15, 0.2) is 75.7 Å². The molecule has 0 saturated carbocycles. The summed E-state index contributed by atoms with van der Waals surface area (Å²) in [4.78, 5) is 10.3. The van der Waals surface area contributed by atoms with Gasteiger partial charge in [-0.15, -0.1) is 0 Å². The molecule has 0 aromatic heterocycles. The summed E-state index contributed by atoms with van der Waals surface area (Å²) in [5.74, 6) is 0.780. The molecule has 3 aromatic rings. The molecule has 8 heteroatoms. The van der Waals surface area contributed by atoms with Crippen LogP contribution < -0.4 is 15.4 Å². The summed E-state index contributed by atoms with van der Waals surface area (Å²) in [6, 6.07) is 20.5. The lowest BCUT2D eigenvalue weighted by atomic mass is 10.2. The zero-order chi connectivity index (χ0) is 21.3. The Morgan fingerprint density at radius 3 is 2.20 bits per heavy atom. The number of rotatable bonds is 10. The maximum Gasteiger partial charge on any atom is 0.269 e. The number of nitro groups is 1. The number of halogens is 2. The number of ether oxygens (including phenoxy) is 1. The van der Waals surface area contributed by atoms with Crippen molar-refractivity contribution in [2.45, 2.75) is 13.2 Å². The molecule has 0 aliphatic carbocycles. The molecule has 3 rings (SSSR count). The normalized spacial score (nSPS) is 10.6. The summed E-state index contributed by atoms with van der Waals surface area (Å²) in [6.07, 6.45) is 0.